The van der Waals surface area contributed by atoms with E-state index in [1.165, 1.54) is 5.56 Å². The SMILES string of the molecule is Cc1cc(C)c(C)c(Oc2nnc(C)c(C)c2C(N)=S)c1. The van der Waals surface area contributed by atoms with Crippen molar-refractivity contribution >= 4 is 17.2 Å². The van der Waals surface area contributed by atoms with Crippen LogP contribution in [-0.2, 0) is 0 Å². The topological polar surface area (TPSA) is 61.0 Å². The van der Waals surface area contributed by atoms with Crippen molar-refractivity contribution in [3.63, 3.8) is 0 Å². The molecule has 0 fully saturated rings. The molecule has 110 valence electrons. The van der Waals surface area contributed by atoms with E-state index in [0.29, 0.717) is 11.4 Å². The minimum absolute atomic E-state index is 0.266. The van der Waals surface area contributed by atoms with Gasteiger partial charge in [0.05, 0.1) is 11.3 Å². The number of hydrogen-bond acceptors (Lipinski definition) is 4. The van der Waals surface area contributed by atoms with Gasteiger partial charge in [-0.15, -0.1) is 5.10 Å². The third-order valence-electron chi connectivity index (χ3n) is 3.64. The number of thiocarbonyl (C=S) groups is 1. The van der Waals surface area contributed by atoms with Crippen molar-refractivity contribution in [3.05, 3.63) is 45.6 Å². The lowest BCUT2D eigenvalue weighted by Crippen LogP contribution is -2.15. The fraction of sp³-hybridized carbons (Fsp3) is 0.312. The monoisotopic (exact) mass is 301 g/mol. The molecule has 1 aromatic heterocycles. The van der Waals surface area contributed by atoms with Crippen LogP contribution in [0.25, 0.3) is 0 Å². The molecule has 0 atom stereocenters. The summed E-state index contributed by atoms with van der Waals surface area (Å²) in [7, 11) is 0. The van der Waals surface area contributed by atoms with Crippen LogP contribution >= 0.6 is 12.2 Å². The average molecular weight is 301 g/mol. The second-order valence-corrected chi connectivity index (χ2v) is 5.70. The van der Waals surface area contributed by atoms with Crippen LogP contribution in [0, 0.1) is 34.6 Å². The first-order chi connectivity index (χ1) is 9.81. The molecule has 0 unspecified atom stereocenters. The van der Waals surface area contributed by atoms with Crippen LogP contribution < -0.4 is 10.5 Å². The van der Waals surface area contributed by atoms with E-state index in [4.69, 9.17) is 22.7 Å². The van der Waals surface area contributed by atoms with E-state index in [1.807, 2.05) is 33.8 Å². The predicted octanol–water partition coefficient (Wildman–Crippen LogP) is 3.45. The van der Waals surface area contributed by atoms with E-state index < -0.39 is 0 Å². The zero-order valence-corrected chi connectivity index (χ0v) is 13.8. The molecule has 2 N–H and O–H groups in total. The average Bonchev–Trinajstić information content (AvgIpc) is 2.39. The zero-order chi connectivity index (χ0) is 15.7. The summed E-state index contributed by atoms with van der Waals surface area (Å²) in [5.74, 6) is 1.11. The van der Waals surface area contributed by atoms with Gasteiger partial charge >= 0.3 is 0 Å². The van der Waals surface area contributed by atoms with E-state index >= 15 is 0 Å². The normalized spacial score (nSPS) is 10.5. The van der Waals surface area contributed by atoms with Crippen molar-refractivity contribution in [2.24, 2.45) is 5.73 Å². The Morgan fingerprint density at radius 1 is 1.05 bits per heavy atom. The maximum absolute atomic E-state index is 5.96. The van der Waals surface area contributed by atoms with Crippen LogP contribution in [0.5, 0.6) is 11.6 Å². The minimum Gasteiger partial charge on any atom is -0.437 e. The summed E-state index contributed by atoms with van der Waals surface area (Å²) in [4.78, 5) is 0.266. The summed E-state index contributed by atoms with van der Waals surface area (Å²) in [5.41, 5.74) is 11.5. The van der Waals surface area contributed by atoms with E-state index in [0.717, 1.165) is 28.1 Å². The molecule has 4 nitrogen and oxygen atoms in total. The first-order valence-electron chi connectivity index (χ1n) is 6.70. The van der Waals surface area contributed by atoms with E-state index in [1.54, 1.807) is 0 Å². The quantitative estimate of drug-likeness (QED) is 0.880. The number of nitrogens with two attached hydrogens (primary N) is 1. The number of rotatable bonds is 3. The Hall–Kier alpha value is -2.01. The third-order valence-corrected chi connectivity index (χ3v) is 3.84. The molecule has 1 heterocycles. The van der Waals surface area contributed by atoms with Crippen LogP contribution in [0.15, 0.2) is 12.1 Å². The number of aryl methyl sites for hydroxylation is 3. The summed E-state index contributed by atoms with van der Waals surface area (Å²) in [6.07, 6.45) is 0. The molecule has 0 saturated carbocycles. The van der Waals surface area contributed by atoms with Crippen molar-refractivity contribution in [2.45, 2.75) is 34.6 Å². The molecular weight excluding hydrogens is 282 g/mol. The van der Waals surface area contributed by atoms with Crippen molar-refractivity contribution in [1.82, 2.24) is 10.2 Å². The molecule has 0 aliphatic heterocycles. The molecule has 1 aromatic carbocycles. The van der Waals surface area contributed by atoms with Crippen LogP contribution in [-0.4, -0.2) is 15.2 Å². The smallest absolute Gasteiger partial charge is 0.249 e. The first-order valence-corrected chi connectivity index (χ1v) is 7.11. The van der Waals surface area contributed by atoms with Gasteiger partial charge in [-0.05, 0) is 62.9 Å². The van der Waals surface area contributed by atoms with Crippen molar-refractivity contribution in [2.75, 3.05) is 0 Å². The van der Waals surface area contributed by atoms with Crippen LogP contribution in [0.1, 0.15) is 33.5 Å². The lowest BCUT2D eigenvalue weighted by atomic mass is 10.1. The van der Waals surface area contributed by atoms with Gasteiger partial charge in [0, 0.05) is 0 Å². The molecule has 2 aromatic rings. The Balaban J connectivity index is 2.55. The molecule has 0 saturated heterocycles. The van der Waals surface area contributed by atoms with Gasteiger partial charge in [-0.25, -0.2) is 0 Å². The molecule has 0 aliphatic carbocycles. The largest absolute Gasteiger partial charge is 0.437 e. The number of hydrogen-bond donors (Lipinski definition) is 1. The van der Waals surface area contributed by atoms with Crippen LogP contribution in [0.4, 0.5) is 0 Å². The number of nitrogens with zero attached hydrogens (tertiary/aromatic N) is 2. The molecule has 0 aliphatic rings. The maximum Gasteiger partial charge on any atom is 0.249 e. The fourth-order valence-electron chi connectivity index (χ4n) is 2.16. The molecule has 2 rings (SSSR count). The van der Waals surface area contributed by atoms with Gasteiger partial charge in [0.2, 0.25) is 5.88 Å². The molecule has 0 amide bonds. The summed E-state index contributed by atoms with van der Waals surface area (Å²) in [6, 6.07) is 4.09. The van der Waals surface area contributed by atoms with E-state index in [-0.39, 0.29) is 4.99 Å². The van der Waals surface area contributed by atoms with Crippen molar-refractivity contribution in [1.29, 1.82) is 0 Å². The van der Waals surface area contributed by atoms with Gasteiger partial charge in [0.25, 0.3) is 0 Å². The molecule has 21 heavy (non-hydrogen) atoms. The molecule has 0 radical (unpaired) electrons. The molecule has 0 bridgehead atoms. The number of benzene rings is 1. The van der Waals surface area contributed by atoms with E-state index in [2.05, 4.69) is 23.2 Å². The summed E-state index contributed by atoms with van der Waals surface area (Å²) < 4.78 is 5.96. The standard InChI is InChI=1S/C16H19N3OS/c1-8-6-9(2)10(3)13(7-8)20-16-14(15(17)21)11(4)12(5)18-19-16/h6-7H,1-5H3,(H2,17,21). The van der Waals surface area contributed by atoms with Gasteiger partial charge in [0.15, 0.2) is 0 Å². The number of ether oxygens (including phenoxy) is 1. The molecular formula is C16H19N3OS. The van der Waals surface area contributed by atoms with Gasteiger partial charge in [-0.2, -0.15) is 5.10 Å². The van der Waals surface area contributed by atoms with Gasteiger partial charge in [-0.3, -0.25) is 0 Å². The van der Waals surface area contributed by atoms with Crippen molar-refractivity contribution in [3.8, 4) is 11.6 Å². The molecule has 0 spiro atoms. The van der Waals surface area contributed by atoms with Crippen LogP contribution in [0.3, 0.4) is 0 Å². The Labute approximate surface area is 130 Å². The predicted molar refractivity (Wildman–Crippen MR) is 88.1 cm³/mol. The van der Waals surface area contributed by atoms with Crippen molar-refractivity contribution < 1.29 is 4.74 Å². The second kappa shape index (κ2) is 5.77. The minimum atomic E-state index is 0.266. The molecule has 5 heteroatoms. The van der Waals surface area contributed by atoms with E-state index in [9.17, 15) is 0 Å². The maximum atomic E-state index is 5.96. The first kappa shape index (κ1) is 15.4. The lowest BCUT2D eigenvalue weighted by Gasteiger charge is -2.15. The summed E-state index contributed by atoms with van der Waals surface area (Å²) in [5, 5.41) is 8.22. The Bertz CT molecular complexity index is 726. The van der Waals surface area contributed by atoms with Gasteiger partial charge in [-0.1, -0.05) is 18.3 Å². The fourth-order valence-corrected chi connectivity index (χ4v) is 2.40. The lowest BCUT2D eigenvalue weighted by molar-refractivity contribution is 0.448. The second-order valence-electron chi connectivity index (χ2n) is 5.26. The highest BCUT2D eigenvalue weighted by Gasteiger charge is 2.17. The van der Waals surface area contributed by atoms with Gasteiger partial charge < -0.3 is 10.5 Å². The highest BCUT2D eigenvalue weighted by molar-refractivity contribution is 7.80. The highest BCUT2D eigenvalue weighted by Crippen LogP contribution is 2.30. The summed E-state index contributed by atoms with van der Waals surface area (Å²) >= 11 is 5.13. The third kappa shape index (κ3) is 3.03. The zero-order valence-electron chi connectivity index (χ0n) is 12.9. The van der Waals surface area contributed by atoms with Gasteiger partial charge in [0.1, 0.15) is 10.7 Å². The Kier molecular flexibility index (Phi) is 4.23. The Morgan fingerprint density at radius 3 is 2.33 bits per heavy atom. The summed E-state index contributed by atoms with van der Waals surface area (Å²) in [6.45, 7) is 9.88. The Morgan fingerprint density at radius 2 is 1.71 bits per heavy atom. The van der Waals surface area contributed by atoms with Crippen LogP contribution in [0.2, 0.25) is 0 Å². The highest BCUT2D eigenvalue weighted by atomic mass is 32.1. The number of aromatic nitrogens is 2.